The molecule has 0 spiro atoms. The number of nitrogens with zero attached hydrogens (tertiary/aromatic N) is 3. The summed E-state index contributed by atoms with van der Waals surface area (Å²) in [5.41, 5.74) is 4.15. The number of aryl methyl sites for hydroxylation is 1. The number of benzene rings is 1. The highest BCUT2D eigenvalue weighted by Crippen LogP contribution is 2.33. The summed E-state index contributed by atoms with van der Waals surface area (Å²) in [6.45, 7) is 5.93. The summed E-state index contributed by atoms with van der Waals surface area (Å²) in [7, 11) is 0. The van der Waals surface area contributed by atoms with E-state index in [9.17, 15) is 0 Å². The number of rotatable bonds is 2. The summed E-state index contributed by atoms with van der Waals surface area (Å²) in [5, 5.41) is 3.38. The Balaban J connectivity index is 1.82. The van der Waals surface area contributed by atoms with Gasteiger partial charge in [-0.3, -0.25) is 0 Å². The summed E-state index contributed by atoms with van der Waals surface area (Å²) >= 11 is 0. The largest absolute Gasteiger partial charge is 0.352 e. The molecular weight excluding hydrogens is 274 g/mol. The van der Waals surface area contributed by atoms with Crippen molar-refractivity contribution < 1.29 is 0 Å². The number of aromatic nitrogens is 3. The Bertz CT molecular complexity index is 743. The zero-order valence-corrected chi connectivity index (χ0v) is 12.6. The van der Waals surface area contributed by atoms with E-state index in [1.54, 1.807) is 0 Å². The number of aromatic amines is 1. The molecule has 4 rings (SSSR count). The van der Waals surface area contributed by atoms with Crippen LogP contribution in [-0.2, 0) is 0 Å². The summed E-state index contributed by atoms with van der Waals surface area (Å²) in [6.07, 6.45) is 0. The van der Waals surface area contributed by atoms with Crippen molar-refractivity contribution in [1.82, 2.24) is 20.3 Å². The van der Waals surface area contributed by atoms with Crippen LogP contribution in [0.15, 0.2) is 36.4 Å². The van der Waals surface area contributed by atoms with Gasteiger partial charge in [0.15, 0.2) is 5.82 Å². The van der Waals surface area contributed by atoms with E-state index in [2.05, 4.69) is 33.4 Å². The Morgan fingerprint density at radius 2 is 1.82 bits per heavy atom. The second-order valence-electron chi connectivity index (χ2n) is 5.65. The highest BCUT2D eigenvalue weighted by Gasteiger charge is 2.22. The number of piperazine rings is 1. The van der Waals surface area contributed by atoms with Crippen molar-refractivity contribution in [3.8, 4) is 22.6 Å². The van der Waals surface area contributed by atoms with Crippen molar-refractivity contribution >= 4 is 5.82 Å². The summed E-state index contributed by atoms with van der Waals surface area (Å²) in [5.74, 6) is 1.92. The second-order valence-corrected chi connectivity index (χ2v) is 5.65. The van der Waals surface area contributed by atoms with Gasteiger partial charge in [0.2, 0.25) is 0 Å². The molecule has 0 radical (unpaired) electrons. The predicted molar refractivity (Wildman–Crippen MR) is 88.3 cm³/mol. The molecule has 0 amide bonds. The first-order chi connectivity index (χ1) is 10.8. The zero-order valence-electron chi connectivity index (χ0n) is 12.6. The third-order valence-corrected chi connectivity index (χ3v) is 4.06. The van der Waals surface area contributed by atoms with E-state index in [1.165, 1.54) is 0 Å². The smallest absolute Gasteiger partial charge is 0.158 e. The molecule has 3 aliphatic heterocycles. The van der Waals surface area contributed by atoms with E-state index in [1.807, 2.05) is 25.1 Å². The van der Waals surface area contributed by atoms with E-state index in [0.717, 1.165) is 60.5 Å². The number of H-pyrrole nitrogens is 1. The molecule has 112 valence electrons. The lowest BCUT2D eigenvalue weighted by Crippen LogP contribution is -2.44. The quantitative estimate of drug-likeness (QED) is 0.761. The summed E-state index contributed by atoms with van der Waals surface area (Å²) < 4.78 is 0. The molecule has 1 aromatic rings. The highest BCUT2D eigenvalue weighted by atomic mass is 15.2. The molecule has 0 unspecified atom stereocenters. The molecule has 0 aromatic heterocycles. The molecule has 3 heterocycles. The molecule has 3 aliphatic rings. The van der Waals surface area contributed by atoms with Crippen molar-refractivity contribution in [3.63, 3.8) is 0 Å². The van der Waals surface area contributed by atoms with Gasteiger partial charge in [0.25, 0.3) is 0 Å². The maximum atomic E-state index is 4.84. The van der Waals surface area contributed by atoms with Gasteiger partial charge in [-0.05, 0) is 13.0 Å². The number of fused-ring (bicyclic) bond motifs is 1. The minimum atomic E-state index is 0.924. The van der Waals surface area contributed by atoms with Crippen LogP contribution in [0.4, 0.5) is 5.82 Å². The van der Waals surface area contributed by atoms with Gasteiger partial charge in [0.1, 0.15) is 11.5 Å². The minimum Gasteiger partial charge on any atom is -0.352 e. The molecule has 0 bridgehead atoms. The normalized spacial score (nSPS) is 15.4. The van der Waals surface area contributed by atoms with Gasteiger partial charge in [0.05, 0.1) is 11.4 Å². The van der Waals surface area contributed by atoms with Crippen LogP contribution in [0.2, 0.25) is 0 Å². The first-order valence-electron chi connectivity index (χ1n) is 7.70. The van der Waals surface area contributed by atoms with Gasteiger partial charge in [-0.1, -0.05) is 30.3 Å². The van der Waals surface area contributed by atoms with Gasteiger partial charge < -0.3 is 15.2 Å². The van der Waals surface area contributed by atoms with Crippen molar-refractivity contribution in [3.05, 3.63) is 42.2 Å². The maximum absolute atomic E-state index is 4.84. The van der Waals surface area contributed by atoms with Gasteiger partial charge in [0, 0.05) is 31.7 Å². The second kappa shape index (κ2) is 5.42. The Kier molecular flexibility index (Phi) is 3.27. The SMILES string of the molecule is Cc1nc(N2CCNCC2)c2nc(-c3ccccc3)cc-2[nH]1. The minimum absolute atomic E-state index is 0.924. The van der Waals surface area contributed by atoms with E-state index < -0.39 is 0 Å². The molecular formula is C17H19N5. The third-order valence-electron chi connectivity index (χ3n) is 4.06. The van der Waals surface area contributed by atoms with Gasteiger partial charge in [-0.2, -0.15) is 0 Å². The Morgan fingerprint density at radius 1 is 1.05 bits per heavy atom. The van der Waals surface area contributed by atoms with E-state index >= 15 is 0 Å². The third kappa shape index (κ3) is 2.33. The molecule has 1 fully saturated rings. The molecule has 5 heteroatoms. The highest BCUT2D eigenvalue weighted by molar-refractivity contribution is 5.78. The molecule has 0 atom stereocenters. The predicted octanol–water partition coefficient (Wildman–Crippen LogP) is 2.29. The zero-order chi connectivity index (χ0) is 14.9. The maximum Gasteiger partial charge on any atom is 0.158 e. The summed E-state index contributed by atoms with van der Waals surface area (Å²) in [4.78, 5) is 15.2. The number of hydrogen-bond donors (Lipinski definition) is 2. The van der Waals surface area contributed by atoms with Crippen molar-refractivity contribution in [1.29, 1.82) is 0 Å². The lowest BCUT2D eigenvalue weighted by Gasteiger charge is -2.29. The molecule has 22 heavy (non-hydrogen) atoms. The van der Waals surface area contributed by atoms with Crippen molar-refractivity contribution in [2.24, 2.45) is 0 Å². The van der Waals surface area contributed by atoms with Crippen molar-refractivity contribution in [2.75, 3.05) is 31.1 Å². The lowest BCUT2D eigenvalue weighted by molar-refractivity contribution is 0.584. The average molecular weight is 293 g/mol. The average Bonchev–Trinajstić information content (AvgIpc) is 2.99. The molecule has 0 saturated carbocycles. The fourth-order valence-electron chi connectivity index (χ4n) is 2.97. The van der Waals surface area contributed by atoms with Crippen molar-refractivity contribution in [2.45, 2.75) is 6.92 Å². The Hall–Kier alpha value is -2.40. The van der Waals surface area contributed by atoms with Crippen LogP contribution in [0.5, 0.6) is 0 Å². The number of hydrogen-bond acceptors (Lipinski definition) is 4. The van der Waals surface area contributed by atoms with E-state index in [-0.39, 0.29) is 0 Å². The number of anilines is 1. The fourth-order valence-corrected chi connectivity index (χ4v) is 2.97. The Morgan fingerprint density at radius 3 is 2.59 bits per heavy atom. The fraction of sp³-hybridized carbons (Fsp3) is 0.294. The lowest BCUT2D eigenvalue weighted by atomic mass is 10.1. The topological polar surface area (TPSA) is 56.8 Å². The van der Waals surface area contributed by atoms with Gasteiger partial charge in [-0.25, -0.2) is 9.97 Å². The van der Waals surface area contributed by atoms with E-state index in [4.69, 9.17) is 9.97 Å². The monoisotopic (exact) mass is 293 g/mol. The van der Waals surface area contributed by atoms with Crippen LogP contribution in [0, 0.1) is 6.92 Å². The first-order valence-corrected chi connectivity index (χ1v) is 7.70. The molecule has 1 saturated heterocycles. The first kappa shape index (κ1) is 13.3. The standard InChI is InChI=1S/C17H19N5/c1-12-19-15-11-14(13-5-3-2-4-6-13)21-16(15)17(20-12)22-9-7-18-8-10-22/h2-6,11,18H,7-10H2,1H3,(H,19,20). The van der Waals surface area contributed by atoms with Crippen LogP contribution in [-0.4, -0.2) is 41.1 Å². The summed E-state index contributed by atoms with van der Waals surface area (Å²) in [6, 6.07) is 12.4. The van der Waals surface area contributed by atoms with Crippen LogP contribution in [0.25, 0.3) is 22.6 Å². The van der Waals surface area contributed by atoms with Crippen LogP contribution >= 0.6 is 0 Å². The molecule has 2 N–H and O–H groups in total. The number of nitrogens with one attached hydrogen (secondary N) is 2. The van der Waals surface area contributed by atoms with Gasteiger partial charge >= 0.3 is 0 Å². The van der Waals surface area contributed by atoms with Crippen LogP contribution in [0.3, 0.4) is 0 Å². The van der Waals surface area contributed by atoms with E-state index in [0.29, 0.717) is 0 Å². The Labute approximate surface area is 129 Å². The molecule has 5 nitrogen and oxygen atoms in total. The van der Waals surface area contributed by atoms with Crippen LogP contribution < -0.4 is 10.2 Å². The van der Waals surface area contributed by atoms with Gasteiger partial charge in [-0.15, -0.1) is 0 Å². The molecule has 0 aliphatic carbocycles. The molecule has 1 aromatic carbocycles. The van der Waals surface area contributed by atoms with Crippen LogP contribution in [0.1, 0.15) is 5.82 Å².